The predicted octanol–water partition coefficient (Wildman–Crippen LogP) is 1.76. The van der Waals surface area contributed by atoms with Gasteiger partial charge in [0.25, 0.3) is 5.89 Å². The number of methoxy groups -OCH3 is 1. The van der Waals surface area contributed by atoms with Gasteiger partial charge in [-0.05, 0) is 31.5 Å². The molecule has 0 spiro atoms. The number of aryl methyl sites for hydroxylation is 1. The molecular weight excluding hydrogens is 327 g/mol. The highest BCUT2D eigenvalue weighted by molar-refractivity contribution is 5.74. The molecule has 1 atom stereocenters. The Kier molecular flexibility index (Phi) is 4.71. The zero-order valence-corrected chi connectivity index (χ0v) is 14.5. The van der Waals surface area contributed by atoms with Crippen LogP contribution in [0.25, 0.3) is 0 Å². The molecule has 1 aliphatic heterocycles. The molecule has 1 unspecified atom stereocenters. The first-order chi connectivity index (χ1) is 11.9. The molecule has 1 amide bonds. The van der Waals surface area contributed by atoms with E-state index in [0.29, 0.717) is 49.1 Å². The maximum absolute atomic E-state index is 14.1. The molecule has 1 aromatic carbocycles. The van der Waals surface area contributed by atoms with E-state index in [4.69, 9.17) is 9.26 Å². The van der Waals surface area contributed by atoms with Crippen LogP contribution in [0.15, 0.2) is 22.7 Å². The SMILES string of the molecule is COc1ccc(F)c(CN2CCC(NC(C)=O)(c3nc(C)no3)C2)c1. The number of hydrogen-bond donors (Lipinski definition) is 1. The molecule has 0 bridgehead atoms. The number of carbonyl (C=O) groups excluding carboxylic acids is 1. The standard InChI is InChI=1S/C17H21FN4O3/c1-11-19-16(25-21-11)17(20-12(2)23)6-7-22(10-17)9-13-8-14(24-3)4-5-15(13)18/h4-5,8H,6-7,9-10H2,1-3H3,(H,20,23). The number of rotatable bonds is 5. The highest BCUT2D eigenvalue weighted by atomic mass is 19.1. The van der Waals surface area contributed by atoms with Crippen LogP contribution in [0.2, 0.25) is 0 Å². The Hall–Kier alpha value is -2.48. The highest BCUT2D eigenvalue weighted by Gasteiger charge is 2.45. The van der Waals surface area contributed by atoms with Crippen LogP contribution in [-0.4, -0.2) is 41.1 Å². The Morgan fingerprint density at radius 3 is 2.96 bits per heavy atom. The van der Waals surface area contributed by atoms with Crippen LogP contribution < -0.4 is 10.1 Å². The topological polar surface area (TPSA) is 80.5 Å². The van der Waals surface area contributed by atoms with Gasteiger partial charge in [0.1, 0.15) is 17.1 Å². The summed E-state index contributed by atoms with van der Waals surface area (Å²) < 4.78 is 24.6. The summed E-state index contributed by atoms with van der Waals surface area (Å²) in [5.74, 6) is 1.04. The summed E-state index contributed by atoms with van der Waals surface area (Å²) in [6.45, 7) is 4.71. The number of benzene rings is 1. The minimum atomic E-state index is -0.748. The summed E-state index contributed by atoms with van der Waals surface area (Å²) in [5, 5.41) is 6.77. The first-order valence-electron chi connectivity index (χ1n) is 8.06. The molecule has 134 valence electrons. The smallest absolute Gasteiger partial charge is 0.253 e. The second kappa shape index (κ2) is 6.79. The summed E-state index contributed by atoms with van der Waals surface area (Å²) in [6.07, 6.45) is 0.611. The summed E-state index contributed by atoms with van der Waals surface area (Å²) in [7, 11) is 1.55. The van der Waals surface area contributed by atoms with Gasteiger partial charge in [-0.15, -0.1) is 0 Å². The molecule has 1 fully saturated rings. The number of halogens is 1. The molecule has 1 saturated heterocycles. The Morgan fingerprint density at radius 1 is 1.52 bits per heavy atom. The average molecular weight is 348 g/mol. The van der Waals surface area contributed by atoms with E-state index in [-0.39, 0.29) is 11.7 Å². The van der Waals surface area contributed by atoms with Crippen LogP contribution in [0.1, 0.15) is 30.6 Å². The van der Waals surface area contributed by atoms with Gasteiger partial charge in [-0.1, -0.05) is 5.16 Å². The Bertz CT molecular complexity index is 779. The second-order valence-corrected chi connectivity index (χ2v) is 6.33. The van der Waals surface area contributed by atoms with Crippen LogP contribution in [-0.2, 0) is 16.9 Å². The van der Waals surface area contributed by atoms with Gasteiger partial charge in [0.2, 0.25) is 5.91 Å². The molecule has 0 saturated carbocycles. The minimum Gasteiger partial charge on any atom is -0.497 e. The summed E-state index contributed by atoms with van der Waals surface area (Å²) in [6, 6.07) is 4.67. The largest absolute Gasteiger partial charge is 0.497 e. The van der Waals surface area contributed by atoms with Crippen LogP contribution in [0, 0.1) is 12.7 Å². The molecule has 0 radical (unpaired) electrons. The molecule has 25 heavy (non-hydrogen) atoms. The van der Waals surface area contributed by atoms with Crippen molar-refractivity contribution >= 4 is 5.91 Å². The second-order valence-electron chi connectivity index (χ2n) is 6.33. The number of ether oxygens (including phenoxy) is 1. The van der Waals surface area contributed by atoms with Crippen molar-refractivity contribution in [2.45, 2.75) is 32.4 Å². The summed E-state index contributed by atoms with van der Waals surface area (Å²) in [5.41, 5.74) is -0.206. The predicted molar refractivity (Wildman–Crippen MR) is 87.4 cm³/mol. The first kappa shape index (κ1) is 17.3. The summed E-state index contributed by atoms with van der Waals surface area (Å²) in [4.78, 5) is 18.0. The highest BCUT2D eigenvalue weighted by Crippen LogP contribution is 2.32. The molecule has 3 rings (SSSR count). The fraction of sp³-hybridized carbons (Fsp3) is 0.471. The molecular formula is C17H21FN4O3. The van der Waals surface area contributed by atoms with Gasteiger partial charge < -0.3 is 14.6 Å². The van der Waals surface area contributed by atoms with Crippen molar-refractivity contribution in [1.82, 2.24) is 20.4 Å². The van der Waals surface area contributed by atoms with Crippen LogP contribution >= 0.6 is 0 Å². The molecule has 2 aromatic rings. The van der Waals surface area contributed by atoms with Gasteiger partial charge in [-0.3, -0.25) is 9.69 Å². The van der Waals surface area contributed by atoms with E-state index in [1.807, 2.05) is 4.90 Å². The van der Waals surface area contributed by atoms with Crippen molar-refractivity contribution in [2.24, 2.45) is 0 Å². The fourth-order valence-corrected chi connectivity index (χ4v) is 3.22. The van der Waals surface area contributed by atoms with E-state index in [1.54, 1.807) is 26.2 Å². The van der Waals surface area contributed by atoms with Gasteiger partial charge in [0.05, 0.1) is 7.11 Å². The molecule has 2 heterocycles. The van der Waals surface area contributed by atoms with Crippen LogP contribution in [0.4, 0.5) is 4.39 Å². The van der Waals surface area contributed by atoms with Gasteiger partial charge in [0.15, 0.2) is 5.82 Å². The van der Waals surface area contributed by atoms with Crippen molar-refractivity contribution in [3.63, 3.8) is 0 Å². The molecule has 1 N–H and O–H groups in total. The molecule has 7 nitrogen and oxygen atoms in total. The monoisotopic (exact) mass is 348 g/mol. The Labute approximate surface area is 145 Å². The van der Waals surface area contributed by atoms with Crippen molar-refractivity contribution in [2.75, 3.05) is 20.2 Å². The van der Waals surface area contributed by atoms with Gasteiger partial charge in [-0.2, -0.15) is 4.98 Å². The number of nitrogens with one attached hydrogen (secondary N) is 1. The number of likely N-dealkylation sites (tertiary alicyclic amines) is 1. The lowest BCUT2D eigenvalue weighted by Crippen LogP contribution is -2.47. The van der Waals surface area contributed by atoms with E-state index in [1.165, 1.54) is 13.0 Å². The van der Waals surface area contributed by atoms with E-state index in [2.05, 4.69) is 15.5 Å². The number of hydrogen-bond acceptors (Lipinski definition) is 6. The zero-order valence-electron chi connectivity index (χ0n) is 14.5. The zero-order chi connectivity index (χ0) is 18.0. The van der Waals surface area contributed by atoms with Gasteiger partial charge >= 0.3 is 0 Å². The Balaban J connectivity index is 1.81. The molecule has 1 aliphatic rings. The summed E-state index contributed by atoms with van der Waals surface area (Å²) >= 11 is 0. The van der Waals surface area contributed by atoms with E-state index < -0.39 is 5.54 Å². The third-order valence-electron chi connectivity index (χ3n) is 4.35. The lowest BCUT2D eigenvalue weighted by molar-refractivity contribution is -0.121. The quantitative estimate of drug-likeness (QED) is 0.887. The number of aromatic nitrogens is 2. The van der Waals surface area contributed by atoms with Crippen LogP contribution in [0.5, 0.6) is 5.75 Å². The van der Waals surface area contributed by atoms with E-state index in [0.717, 1.165) is 0 Å². The van der Waals surface area contributed by atoms with Crippen molar-refractivity contribution in [1.29, 1.82) is 0 Å². The van der Waals surface area contributed by atoms with E-state index >= 15 is 0 Å². The Morgan fingerprint density at radius 2 is 2.32 bits per heavy atom. The average Bonchev–Trinajstić information content (AvgIpc) is 3.16. The van der Waals surface area contributed by atoms with Gasteiger partial charge in [0, 0.05) is 32.1 Å². The van der Waals surface area contributed by atoms with Crippen molar-refractivity contribution < 1.29 is 18.4 Å². The van der Waals surface area contributed by atoms with Crippen molar-refractivity contribution in [3.05, 3.63) is 41.3 Å². The fourth-order valence-electron chi connectivity index (χ4n) is 3.22. The van der Waals surface area contributed by atoms with E-state index in [9.17, 15) is 9.18 Å². The maximum atomic E-state index is 14.1. The maximum Gasteiger partial charge on any atom is 0.253 e. The van der Waals surface area contributed by atoms with Crippen molar-refractivity contribution in [3.8, 4) is 5.75 Å². The normalized spacial score (nSPS) is 20.6. The minimum absolute atomic E-state index is 0.176. The number of nitrogens with zero attached hydrogens (tertiary/aromatic N) is 3. The lowest BCUT2D eigenvalue weighted by atomic mass is 9.98. The molecule has 1 aromatic heterocycles. The first-order valence-corrected chi connectivity index (χ1v) is 8.06. The third-order valence-corrected chi connectivity index (χ3v) is 4.35. The molecule has 0 aliphatic carbocycles. The number of amides is 1. The van der Waals surface area contributed by atoms with Crippen LogP contribution in [0.3, 0.4) is 0 Å². The van der Waals surface area contributed by atoms with Gasteiger partial charge in [-0.25, -0.2) is 4.39 Å². The molecule has 8 heteroatoms. The third kappa shape index (κ3) is 3.63. The number of carbonyl (C=O) groups is 1. The lowest BCUT2D eigenvalue weighted by Gasteiger charge is -2.26.